The highest BCUT2D eigenvalue weighted by molar-refractivity contribution is 9.10. The molecule has 2 aromatic heterocycles. The van der Waals surface area contributed by atoms with Gasteiger partial charge in [-0.25, -0.2) is 9.97 Å². The number of halogens is 1. The summed E-state index contributed by atoms with van der Waals surface area (Å²) in [5, 5.41) is 6.19. The molecule has 6 nitrogen and oxygen atoms in total. The lowest BCUT2D eigenvalue weighted by atomic mass is 9.89. The molecule has 2 aliphatic rings. The van der Waals surface area contributed by atoms with Crippen molar-refractivity contribution in [2.24, 2.45) is 5.92 Å². The SMILES string of the molecule is Cc1ccc(-c2cnc3c(NCC4CCCCC4)nc(Br)cn23)cc1.O=CNC1CC1. The third kappa shape index (κ3) is 5.85. The molecule has 2 aliphatic carbocycles. The van der Waals surface area contributed by atoms with Gasteiger partial charge in [-0.1, -0.05) is 49.1 Å². The van der Waals surface area contributed by atoms with Crippen LogP contribution in [-0.4, -0.2) is 33.4 Å². The van der Waals surface area contributed by atoms with E-state index in [1.54, 1.807) is 0 Å². The molecular weight excluding hydrogens is 454 g/mol. The summed E-state index contributed by atoms with van der Waals surface area (Å²) in [7, 11) is 0. The first-order valence-electron chi connectivity index (χ1n) is 11.2. The van der Waals surface area contributed by atoms with Gasteiger partial charge in [-0.15, -0.1) is 0 Å². The van der Waals surface area contributed by atoms with Crippen molar-refractivity contribution in [3.8, 4) is 11.3 Å². The lowest BCUT2D eigenvalue weighted by molar-refractivity contribution is -0.109. The number of nitrogens with zero attached hydrogens (tertiary/aromatic N) is 3. The lowest BCUT2D eigenvalue weighted by Crippen LogP contribution is -2.18. The molecule has 2 saturated carbocycles. The van der Waals surface area contributed by atoms with E-state index in [1.165, 1.54) is 50.5 Å². The van der Waals surface area contributed by atoms with Crippen LogP contribution >= 0.6 is 15.9 Å². The second-order valence-corrected chi connectivity index (χ2v) is 9.37. The Labute approximate surface area is 192 Å². The molecular formula is C24H30BrN5O. The molecule has 1 aromatic carbocycles. The number of hydrogen-bond acceptors (Lipinski definition) is 4. The minimum atomic E-state index is 0.530. The van der Waals surface area contributed by atoms with E-state index < -0.39 is 0 Å². The Hall–Kier alpha value is -2.41. The van der Waals surface area contributed by atoms with Crippen LogP contribution in [0.4, 0.5) is 5.82 Å². The topological polar surface area (TPSA) is 71.3 Å². The molecule has 2 fully saturated rings. The van der Waals surface area contributed by atoms with Crippen molar-refractivity contribution < 1.29 is 4.79 Å². The van der Waals surface area contributed by atoms with Crippen molar-refractivity contribution >= 4 is 33.8 Å². The molecule has 5 rings (SSSR count). The summed E-state index contributed by atoms with van der Waals surface area (Å²) >= 11 is 3.55. The van der Waals surface area contributed by atoms with E-state index in [0.29, 0.717) is 6.04 Å². The second-order valence-electron chi connectivity index (χ2n) is 8.56. The molecule has 2 heterocycles. The molecule has 0 aliphatic heterocycles. The summed E-state index contributed by atoms with van der Waals surface area (Å²) in [4.78, 5) is 18.8. The van der Waals surface area contributed by atoms with Crippen molar-refractivity contribution in [3.63, 3.8) is 0 Å². The third-order valence-electron chi connectivity index (χ3n) is 5.97. The number of imidazole rings is 1. The van der Waals surface area contributed by atoms with Crippen LogP contribution in [0.5, 0.6) is 0 Å². The van der Waals surface area contributed by atoms with Gasteiger partial charge in [0.2, 0.25) is 6.41 Å². The molecule has 3 aromatic rings. The second kappa shape index (κ2) is 10.3. The highest BCUT2D eigenvalue weighted by Crippen LogP contribution is 2.28. The quantitative estimate of drug-likeness (QED) is 0.463. The van der Waals surface area contributed by atoms with E-state index in [0.717, 1.165) is 46.2 Å². The van der Waals surface area contributed by atoms with Crippen molar-refractivity contribution in [3.05, 3.63) is 46.8 Å². The van der Waals surface area contributed by atoms with Crippen LogP contribution < -0.4 is 10.6 Å². The average molecular weight is 484 g/mol. The lowest BCUT2D eigenvalue weighted by Gasteiger charge is -2.22. The maximum absolute atomic E-state index is 9.54. The number of carbonyl (C=O) groups is 1. The zero-order chi connectivity index (χ0) is 21.6. The first kappa shape index (κ1) is 21.8. The molecule has 0 atom stereocenters. The highest BCUT2D eigenvalue weighted by Gasteiger charge is 2.19. The number of rotatable bonds is 6. The Morgan fingerprint density at radius 2 is 1.87 bits per heavy atom. The van der Waals surface area contributed by atoms with Crippen LogP contribution in [0.25, 0.3) is 16.9 Å². The van der Waals surface area contributed by atoms with Crippen molar-refractivity contribution in [2.45, 2.75) is 57.9 Å². The van der Waals surface area contributed by atoms with Crippen LogP contribution in [0, 0.1) is 12.8 Å². The Balaban J connectivity index is 0.000000334. The fourth-order valence-electron chi connectivity index (χ4n) is 3.99. The van der Waals surface area contributed by atoms with Crippen LogP contribution in [0.15, 0.2) is 41.3 Å². The molecule has 0 radical (unpaired) electrons. The van der Waals surface area contributed by atoms with Gasteiger partial charge in [0, 0.05) is 24.3 Å². The van der Waals surface area contributed by atoms with Crippen LogP contribution in [0.2, 0.25) is 0 Å². The number of benzene rings is 1. The molecule has 7 heteroatoms. The predicted octanol–water partition coefficient (Wildman–Crippen LogP) is 5.35. The third-order valence-corrected chi connectivity index (χ3v) is 6.36. The summed E-state index contributed by atoms with van der Waals surface area (Å²) in [6, 6.07) is 9.08. The maximum atomic E-state index is 9.54. The summed E-state index contributed by atoms with van der Waals surface area (Å²) in [5.41, 5.74) is 4.39. The number of nitrogens with one attached hydrogen (secondary N) is 2. The highest BCUT2D eigenvalue weighted by atomic mass is 79.9. The van der Waals surface area contributed by atoms with Crippen LogP contribution in [0.1, 0.15) is 50.5 Å². The van der Waals surface area contributed by atoms with Crippen molar-refractivity contribution in [1.82, 2.24) is 19.7 Å². The number of aromatic nitrogens is 3. The molecule has 0 spiro atoms. The van der Waals surface area contributed by atoms with Gasteiger partial charge >= 0.3 is 0 Å². The zero-order valence-electron chi connectivity index (χ0n) is 18.0. The molecule has 0 bridgehead atoms. The maximum Gasteiger partial charge on any atom is 0.207 e. The van der Waals surface area contributed by atoms with Gasteiger partial charge in [0.25, 0.3) is 0 Å². The van der Waals surface area contributed by atoms with Gasteiger partial charge in [-0.05, 0) is 54.5 Å². The van der Waals surface area contributed by atoms with E-state index in [9.17, 15) is 4.79 Å². The Morgan fingerprint density at radius 3 is 2.52 bits per heavy atom. The largest absolute Gasteiger partial charge is 0.367 e. The minimum Gasteiger partial charge on any atom is -0.367 e. The number of carbonyl (C=O) groups excluding carboxylic acids is 1. The van der Waals surface area contributed by atoms with Crippen LogP contribution in [0.3, 0.4) is 0 Å². The van der Waals surface area contributed by atoms with Crippen molar-refractivity contribution in [2.75, 3.05) is 11.9 Å². The van der Waals surface area contributed by atoms with E-state index in [2.05, 4.69) is 72.1 Å². The Morgan fingerprint density at radius 1 is 1.13 bits per heavy atom. The number of anilines is 1. The van der Waals surface area contributed by atoms with Gasteiger partial charge < -0.3 is 10.6 Å². The summed E-state index contributed by atoms with van der Waals surface area (Å²) in [6.45, 7) is 3.08. The van der Waals surface area contributed by atoms with E-state index in [4.69, 9.17) is 0 Å². The summed E-state index contributed by atoms with van der Waals surface area (Å²) < 4.78 is 2.93. The summed E-state index contributed by atoms with van der Waals surface area (Å²) in [5.74, 6) is 1.61. The molecule has 0 unspecified atom stereocenters. The van der Waals surface area contributed by atoms with Gasteiger partial charge in [-0.2, -0.15) is 0 Å². The van der Waals surface area contributed by atoms with E-state index in [1.807, 2.05) is 12.4 Å². The van der Waals surface area contributed by atoms with Crippen molar-refractivity contribution in [1.29, 1.82) is 0 Å². The first-order chi connectivity index (χ1) is 15.1. The molecule has 164 valence electrons. The number of fused-ring (bicyclic) bond motifs is 1. The fourth-order valence-corrected chi connectivity index (χ4v) is 4.38. The fraction of sp³-hybridized carbons (Fsp3) is 0.458. The number of amides is 1. The summed E-state index contributed by atoms with van der Waals surface area (Å²) in [6.07, 6.45) is 13.8. The average Bonchev–Trinajstić information content (AvgIpc) is 3.51. The molecule has 31 heavy (non-hydrogen) atoms. The van der Waals surface area contributed by atoms with Gasteiger partial charge in [-0.3, -0.25) is 9.20 Å². The molecule has 1 amide bonds. The number of aryl methyl sites for hydroxylation is 1. The van der Waals surface area contributed by atoms with E-state index >= 15 is 0 Å². The van der Waals surface area contributed by atoms with Crippen LogP contribution in [-0.2, 0) is 4.79 Å². The molecule has 2 N–H and O–H groups in total. The van der Waals surface area contributed by atoms with Gasteiger partial charge in [0.15, 0.2) is 11.5 Å². The normalized spacial score (nSPS) is 16.5. The monoisotopic (exact) mass is 483 g/mol. The Bertz CT molecular complexity index is 1010. The van der Waals surface area contributed by atoms with E-state index in [-0.39, 0.29) is 0 Å². The predicted molar refractivity (Wildman–Crippen MR) is 128 cm³/mol. The standard InChI is InChI=1S/C20H23BrN4.C4H7NO/c1-14-7-9-16(10-8-14)17-12-23-20-19(24-18(21)13-25(17)20)22-11-15-5-3-2-4-6-15;6-3-5-4-1-2-4/h7-10,12-13,15H,2-6,11H2,1H3,(H,22,24);3-4H,1-2H2,(H,5,6). The first-order valence-corrected chi connectivity index (χ1v) is 12.0. The number of hydrogen-bond donors (Lipinski definition) is 2. The Kier molecular flexibility index (Phi) is 7.22. The molecule has 0 saturated heterocycles. The van der Waals surface area contributed by atoms with Gasteiger partial charge in [0.05, 0.1) is 11.9 Å². The smallest absolute Gasteiger partial charge is 0.207 e. The zero-order valence-corrected chi connectivity index (χ0v) is 19.6. The van der Waals surface area contributed by atoms with Gasteiger partial charge in [0.1, 0.15) is 4.60 Å². The minimum absolute atomic E-state index is 0.530.